The molecule has 2 N–H and O–H groups in total. The molecule has 0 amide bonds. The largest absolute Gasteiger partial charge is 0.446 e. The lowest BCUT2D eigenvalue weighted by atomic mass is 10.4. The molecule has 11 heavy (non-hydrogen) atoms. The third kappa shape index (κ3) is 1.50. The standard InChI is InChI=1S/C6H8O5/c7-1-4-5(2-8)11-6(3-9)10-4/h3,6-8H,1-2H2. The second kappa shape index (κ2) is 3.36. The van der Waals surface area contributed by atoms with E-state index >= 15 is 0 Å². The molecule has 5 heteroatoms. The van der Waals surface area contributed by atoms with Crippen LogP contribution < -0.4 is 0 Å². The summed E-state index contributed by atoms with van der Waals surface area (Å²) >= 11 is 0. The van der Waals surface area contributed by atoms with Gasteiger partial charge in [0.15, 0.2) is 11.5 Å². The SMILES string of the molecule is O=CC1OC(CO)=C(CO)O1. The van der Waals surface area contributed by atoms with Crippen LogP contribution in [0.1, 0.15) is 0 Å². The first-order chi connectivity index (χ1) is 5.31. The molecular weight excluding hydrogens is 152 g/mol. The fraction of sp³-hybridized carbons (Fsp3) is 0.500. The van der Waals surface area contributed by atoms with Crippen molar-refractivity contribution in [2.75, 3.05) is 13.2 Å². The van der Waals surface area contributed by atoms with Gasteiger partial charge in [0, 0.05) is 0 Å². The summed E-state index contributed by atoms with van der Waals surface area (Å²) in [5, 5.41) is 17.2. The third-order valence-corrected chi connectivity index (χ3v) is 1.23. The van der Waals surface area contributed by atoms with Gasteiger partial charge in [0.05, 0.1) is 0 Å². The molecule has 0 aromatic carbocycles. The summed E-state index contributed by atoms with van der Waals surface area (Å²) in [7, 11) is 0. The quantitative estimate of drug-likeness (QED) is 0.505. The summed E-state index contributed by atoms with van der Waals surface area (Å²) in [6.07, 6.45) is -0.572. The maximum atomic E-state index is 10.1. The van der Waals surface area contributed by atoms with E-state index in [1.807, 2.05) is 0 Å². The summed E-state index contributed by atoms with van der Waals surface area (Å²) in [5.74, 6) is 0.231. The Morgan fingerprint density at radius 3 is 2.00 bits per heavy atom. The van der Waals surface area contributed by atoms with Gasteiger partial charge in [0.25, 0.3) is 6.29 Å². The molecule has 1 aliphatic rings. The van der Waals surface area contributed by atoms with Gasteiger partial charge >= 0.3 is 0 Å². The zero-order valence-corrected chi connectivity index (χ0v) is 5.69. The lowest BCUT2D eigenvalue weighted by Crippen LogP contribution is -2.10. The van der Waals surface area contributed by atoms with E-state index in [1.54, 1.807) is 0 Å². The van der Waals surface area contributed by atoms with Gasteiger partial charge in [-0.2, -0.15) is 0 Å². The number of hydrogen-bond acceptors (Lipinski definition) is 5. The number of hydrogen-bond donors (Lipinski definition) is 2. The van der Waals surface area contributed by atoms with Crippen LogP contribution in [0, 0.1) is 0 Å². The molecular formula is C6H8O5. The smallest absolute Gasteiger partial charge is 0.297 e. The monoisotopic (exact) mass is 160 g/mol. The van der Waals surface area contributed by atoms with Crippen LogP contribution >= 0.6 is 0 Å². The van der Waals surface area contributed by atoms with Crippen LogP contribution in [0.3, 0.4) is 0 Å². The molecule has 5 nitrogen and oxygen atoms in total. The molecule has 0 aromatic rings. The summed E-state index contributed by atoms with van der Waals surface area (Å²) in [4.78, 5) is 10.1. The van der Waals surface area contributed by atoms with Crippen molar-refractivity contribution in [2.24, 2.45) is 0 Å². The van der Waals surface area contributed by atoms with Crippen LogP contribution in [0.15, 0.2) is 11.5 Å². The predicted octanol–water partition coefficient (Wildman–Crippen LogP) is -1.25. The fourth-order valence-electron chi connectivity index (χ4n) is 0.742. The number of aliphatic hydroxyl groups is 2. The fourth-order valence-corrected chi connectivity index (χ4v) is 0.742. The van der Waals surface area contributed by atoms with E-state index in [0.29, 0.717) is 6.29 Å². The Morgan fingerprint density at radius 2 is 1.73 bits per heavy atom. The van der Waals surface area contributed by atoms with Gasteiger partial charge in [0.1, 0.15) is 13.2 Å². The van der Waals surface area contributed by atoms with Crippen molar-refractivity contribution < 1.29 is 24.5 Å². The highest BCUT2D eigenvalue weighted by atomic mass is 16.7. The number of carbonyl (C=O) groups excluding carboxylic acids is 1. The molecule has 1 rings (SSSR count). The summed E-state index contributed by atoms with van der Waals surface area (Å²) in [6.45, 7) is -0.750. The lowest BCUT2D eigenvalue weighted by molar-refractivity contribution is -0.131. The Morgan fingerprint density at radius 1 is 1.27 bits per heavy atom. The number of rotatable bonds is 3. The van der Waals surface area contributed by atoms with Crippen LogP contribution in [-0.4, -0.2) is 36.0 Å². The molecule has 0 fully saturated rings. The highest BCUT2D eigenvalue weighted by molar-refractivity contribution is 5.55. The van der Waals surface area contributed by atoms with Gasteiger partial charge in [0.2, 0.25) is 6.29 Å². The van der Waals surface area contributed by atoms with E-state index in [0.717, 1.165) is 0 Å². The van der Waals surface area contributed by atoms with Crippen molar-refractivity contribution >= 4 is 6.29 Å². The highest BCUT2D eigenvalue weighted by Crippen LogP contribution is 2.19. The number of aldehydes is 1. The molecule has 0 aliphatic carbocycles. The first-order valence-electron chi connectivity index (χ1n) is 3.04. The average molecular weight is 160 g/mol. The van der Waals surface area contributed by atoms with E-state index in [9.17, 15) is 4.79 Å². The van der Waals surface area contributed by atoms with Crippen LogP contribution in [0.5, 0.6) is 0 Å². The molecule has 0 saturated carbocycles. The minimum atomic E-state index is -1.01. The molecule has 0 unspecified atom stereocenters. The molecule has 0 saturated heterocycles. The Labute approximate surface area is 62.8 Å². The van der Waals surface area contributed by atoms with Crippen molar-refractivity contribution in [3.63, 3.8) is 0 Å². The van der Waals surface area contributed by atoms with E-state index in [2.05, 4.69) is 0 Å². The molecule has 0 atom stereocenters. The molecule has 1 heterocycles. The molecule has 0 aromatic heterocycles. The van der Waals surface area contributed by atoms with Gasteiger partial charge < -0.3 is 19.7 Å². The number of ether oxygens (including phenoxy) is 2. The maximum absolute atomic E-state index is 10.1. The zero-order valence-electron chi connectivity index (χ0n) is 5.69. The molecule has 0 spiro atoms. The lowest BCUT2D eigenvalue weighted by Gasteiger charge is -2.01. The van der Waals surface area contributed by atoms with Crippen molar-refractivity contribution in [2.45, 2.75) is 6.29 Å². The third-order valence-electron chi connectivity index (χ3n) is 1.23. The summed E-state index contributed by atoms with van der Waals surface area (Å²) in [6, 6.07) is 0. The highest BCUT2D eigenvalue weighted by Gasteiger charge is 2.24. The van der Waals surface area contributed by atoms with Gasteiger partial charge in [-0.1, -0.05) is 0 Å². The summed E-state index contributed by atoms with van der Waals surface area (Å²) < 4.78 is 9.49. The van der Waals surface area contributed by atoms with Gasteiger partial charge in [-0.25, -0.2) is 0 Å². The molecule has 0 bridgehead atoms. The van der Waals surface area contributed by atoms with Gasteiger partial charge in [-0.05, 0) is 0 Å². The van der Waals surface area contributed by atoms with Gasteiger partial charge in [-0.3, -0.25) is 4.79 Å². The predicted molar refractivity (Wildman–Crippen MR) is 33.2 cm³/mol. The Kier molecular flexibility index (Phi) is 2.45. The summed E-state index contributed by atoms with van der Waals surface area (Å²) in [5.41, 5.74) is 0. The number of carbonyl (C=O) groups is 1. The Bertz CT molecular complexity index is 169. The second-order valence-corrected chi connectivity index (χ2v) is 1.90. The van der Waals surface area contributed by atoms with E-state index in [4.69, 9.17) is 19.7 Å². The van der Waals surface area contributed by atoms with Crippen LogP contribution in [0.2, 0.25) is 0 Å². The van der Waals surface area contributed by atoms with Crippen molar-refractivity contribution in [3.05, 3.63) is 11.5 Å². The van der Waals surface area contributed by atoms with Crippen molar-refractivity contribution in [1.82, 2.24) is 0 Å². The van der Waals surface area contributed by atoms with E-state index in [-0.39, 0.29) is 24.7 Å². The van der Waals surface area contributed by atoms with E-state index in [1.165, 1.54) is 0 Å². The Hall–Kier alpha value is -1.07. The van der Waals surface area contributed by atoms with Crippen molar-refractivity contribution in [3.8, 4) is 0 Å². The second-order valence-electron chi connectivity index (χ2n) is 1.90. The normalized spacial score (nSPS) is 18.0. The Balaban J connectivity index is 2.63. The first kappa shape index (κ1) is 8.03. The first-order valence-corrected chi connectivity index (χ1v) is 3.04. The zero-order chi connectivity index (χ0) is 8.27. The van der Waals surface area contributed by atoms with Crippen LogP contribution in [0.4, 0.5) is 0 Å². The van der Waals surface area contributed by atoms with Crippen LogP contribution in [0.25, 0.3) is 0 Å². The van der Waals surface area contributed by atoms with Crippen LogP contribution in [-0.2, 0) is 14.3 Å². The van der Waals surface area contributed by atoms with Crippen molar-refractivity contribution in [1.29, 1.82) is 0 Å². The topological polar surface area (TPSA) is 76.0 Å². The molecule has 1 aliphatic heterocycles. The maximum Gasteiger partial charge on any atom is 0.297 e. The van der Waals surface area contributed by atoms with E-state index < -0.39 is 6.29 Å². The minimum absolute atomic E-state index is 0.115. The molecule has 62 valence electrons. The molecule has 0 radical (unpaired) electrons. The average Bonchev–Trinajstić information content (AvgIpc) is 2.46. The van der Waals surface area contributed by atoms with Gasteiger partial charge in [-0.15, -0.1) is 0 Å². The number of aliphatic hydroxyl groups excluding tert-OH is 2. The minimum Gasteiger partial charge on any atom is -0.446 e.